The van der Waals surface area contributed by atoms with E-state index in [2.05, 4.69) is 21.7 Å². The third kappa shape index (κ3) is 12.7. The number of amides is 3. The van der Waals surface area contributed by atoms with Gasteiger partial charge in [0.05, 0.1) is 18.7 Å². The maximum absolute atomic E-state index is 13.0. The molecule has 4 atom stereocenters. The second-order valence-corrected chi connectivity index (χ2v) is 9.78. The van der Waals surface area contributed by atoms with Crippen molar-refractivity contribution in [3.05, 3.63) is 0 Å². The predicted molar refractivity (Wildman–Crippen MR) is 123 cm³/mol. The van der Waals surface area contributed by atoms with Gasteiger partial charge in [-0.25, -0.2) is 0 Å². The van der Waals surface area contributed by atoms with Crippen LogP contribution in [0.5, 0.6) is 0 Å². The van der Waals surface area contributed by atoms with Crippen LogP contribution in [0.15, 0.2) is 0 Å². The number of rotatable bonds is 15. The Morgan fingerprint density at radius 2 is 1.45 bits per heavy atom. The monoisotopic (exact) mass is 443 g/mol. The van der Waals surface area contributed by atoms with Crippen LogP contribution in [-0.2, 0) is 14.4 Å². The van der Waals surface area contributed by atoms with Crippen molar-refractivity contribution in [3.8, 4) is 0 Å². The Morgan fingerprint density at radius 1 is 0.839 bits per heavy atom. The molecule has 0 heterocycles. The van der Waals surface area contributed by atoms with E-state index in [-0.39, 0.29) is 35.6 Å². The summed E-state index contributed by atoms with van der Waals surface area (Å²) in [5.74, 6) is -0.464. The fourth-order valence-corrected chi connectivity index (χ4v) is 3.36. The summed E-state index contributed by atoms with van der Waals surface area (Å²) in [7, 11) is 0. The van der Waals surface area contributed by atoms with E-state index in [4.69, 9.17) is 0 Å². The molecular formula is C23H47N4O4+. The fourth-order valence-electron chi connectivity index (χ4n) is 3.36. The second kappa shape index (κ2) is 15.2. The van der Waals surface area contributed by atoms with Gasteiger partial charge in [-0.3, -0.25) is 14.4 Å². The molecule has 0 radical (unpaired) electrons. The first-order chi connectivity index (χ1) is 14.4. The van der Waals surface area contributed by atoms with E-state index in [0.29, 0.717) is 25.2 Å². The first-order valence-corrected chi connectivity index (χ1v) is 11.8. The van der Waals surface area contributed by atoms with E-state index in [1.54, 1.807) is 6.92 Å². The molecule has 0 saturated carbocycles. The van der Waals surface area contributed by atoms with Gasteiger partial charge in [0.15, 0.2) is 0 Å². The summed E-state index contributed by atoms with van der Waals surface area (Å²) < 4.78 is 0. The van der Waals surface area contributed by atoms with Crippen molar-refractivity contribution in [2.24, 2.45) is 17.8 Å². The average molecular weight is 444 g/mol. The molecule has 0 bridgehead atoms. The largest absolute Gasteiger partial charge is 0.391 e. The van der Waals surface area contributed by atoms with Crippen LogP contribution in [0.25, 0.3) is 0 Å². The van der Waals surface area contributed by atoms with Gasteiger partial charge in [-0.15, -0.1) is 0 Å². The Labute approximate surface area is 188 Å². The lowest BCUT2D eigenvalue weighted by atomic mass is 9.98. The molecule has 7 N–H and O–H groups in total. The molecule has 3 amide bonds. The van der Waals surface area contributed by atoms with Gasteiger partial charge in [-0.1, -0.05) is 41.5 Å². The van der Waals surface area contributed by atoms with Crippen LogP contribution in [-0.4, -0.2) is 53.6 Å². The number of hydrogen-bond donors (Lipinski definition) is 5. The average Bonchev–Trinajstić information content (AvgIpc) is 2.63. The van der Waals surface area contributed by atoms with Gasteiger partial charge in [-0.2, -0.15) is 0 Å². The number of hydrogen-bond acceptors (Lipinski definition) is 4. The number of unbranched alkanes of at least 4 members (excludes halogenated alkanes) is 1. The third-order valence-electron chi connectivity index (χ3n) is 5.12. The van der Waals surface area contributed by atoms with Gasteiger partial charge < -0.3 is 26.8 Å². The maximum atomic E-state index is 13.0. The maximum Gasteiger partial charge on any atom is 0.243 e. The summed E-state index contributed by atoms with van der Waals surface area (Å²) in [6, 6.07) is -1.82. The minimum Gasteiger partial charge on any atom is -0.391 e. The van der Waals surface area contributed by atoms with Crippen LogP contribution in [0.3, 0.4) is 0 Å². The number of aliphatic hydroxyl groups is 1. The van der Waals surface area contributed by atoms with Crippen LogP contribution < -0.4 is 21.7 Å². The van der Waals surface area contributed by atoms with Crippen LogP contribution in [0, 0.1) is 17.8 Å². The van der Waals surface area contributed by atoms with Gasteiger partial charge in [0.2, 0.25) is 17.7 Å². The van der Waals surface area contributed by atoms with Gasteiger partial charge in [0.25, 0.3) is 0 Å². The quantitative estimate of drug-likeness (QED) is 0.241. The number of carbonyl (C=O) groups excluding carboxylic acids is 3. The van der Waals surface area contributed by atoms with Gasteiger partial charge in [0.1, 0.15) is 12.1 Å². The van der Waals surface area contributed by atoms with Crippen molar-refractivity contribution in [1.82, 2.24) is 16.0 Å². The lowest BCUT2D eigenvalue weighted by Crippen LogP contribution is -2.57. The highest BCUT2D eigenvalue weighted by atomic mass is 16.3. The summed E-state index contributed by atoms with van der Waals surface area (Å²) in [4.78, 5) is 38.2. The smallest absolute Gasteiger partial charge is 0.243 e. The normalized spacial score (nSPS) is 15.5. The van der Waals surface area contributed by atoms with E-state index < -0.39 is 18.2 Å². The van der Waals surface area contributed by atoms with Crippen molar-refractivity contribution in [1.29, 1.82) is 0 Å². The molecule has 0 rings (SSSR count). The van der Waals surface area contributed by atoms with Crippen LogP contribution in [0.1, 0.15) is 80.6 Å². The Morgan fingerprint density at radius 3 is 1.90 bits per heavy atom. The number of aliphatic hydroxyl groups excluding tert-OH is 1. The Bertz CT molecular complexity index is 550. The lowest BCUT2D eigenvalue weighted by molar-refractivity contribution is -0.368. The molecule has 0 aromatic rings. The van der Waals surface area contributed by atoms with E-state index in [1.165, 1.54) is 0 Å². The molecule has 0 aliphatic carbocycles. The highest BCUT2D eigenvalue weighted by Gasteiger charge is 2.30. The number of quaternary nitrogens is 1. The first kappa shape index (κ1) is 29.3. The zero-order chi connectivity index (χ0) is 24.1. The van der Waals surface area contributed by atoms with Crippen molar-refractivity contribution in [2.75, 3.05) is 6.54 Å². The SMILES string of the molecule is CC(C)CC(=O)N[C@H](C(=O)N[C@@H](CCCC[NH3+])C(=O)N[C@@H](CC(C)C)[C@H](C)O)C(C)C. The molecule has 0 saturated heterocycles. The van der Waals surface area contributed by atoms with Crippen molar-refractivity contribution >= 4 is 17.7 Å². The Balaban J connectivity index is 5.33. The number of carbonyl (C=O) groups is 3. The molecule has 8 heteroatoms. The highest BCUT2D eigenvalue weighted by Crippen LogP contribution is 2.11. The standard InChI is InChI=1S/C23H46N4O4/c1-14(2)12-19(17(7)28)26-22(30)18(10-8-9-11-24)25-23(31)21(16(5)6)27-20(29)13-15(3)4/h14-19,21,28H,8-13,24H2,1-7H3,(H,25,31)(H,26,30)(H,27,29)/p+1/t17-,18-,19-,21-/m0/s1. The summed E-state index contributed by atoms with van der Waals surface area (Å²) in [6.45, 7) is 14.1. The molecule has 0 aromatic heterocycles. The van der Waals surface area contributed by atoms with Crippen LogP contribution in [0.2, 0.25) is 0 Å². The van der Waals surface area contributed by atoms with Crippen molar-refractivity contribution < 1.29 is 25.2 Å². The van der Waals surface area contributed by atoms with Crippen molar-refractivity contribution in [3.63, 3.8) is 0 Å². The molecule has 0 spiro atoms. The van der Waals surface area contributed by atoms with Gasteiger partial charge in [0, 0.05) is 6.42 Å². The van der Waals surface area contributed by atoms with Gasteiger partial charge >= 0.3 is 0 Å². The molecule has 8 nitrogen and oxygen atoms in total. The molecule has 31 heavy (non-hydrogen) atoms. The van der Waals surface area contributed by atoms with E-state index in [0.717, 1.165) is 19.4 Å². The van der Waals surface area contributed by atoms with Gasteiger partial charge in [-0.05, 0) is 50.4 Å². The predicted octanol–water partition coefficient (Wildman–Crippen LogP) is 0.982. The van der Waals surface area contributed by atoms with E-state index in [9.17, 15) is 19.5 Å². The second-order valence-electron chi connectivity index (χ2n) is 9.78. The van der Waals surface area contributed by atoms with E-state index >= 15 is 0 Å². The summed E-state index contributed by atoms with van der Waals surface area (Å²) >= 11 is 0. The summed E-state index contributed by atoms with van der Waals surface area (Å²) in [6.07, 6.45) is 2.37. The number of nitrogens with one attached hydrogen (secondary N) is 3. The molecule has 0 aliphatic heterocycles. The summed E-state index contributed by atoms with van der Waals surface area (Å²) in [5.41, 5.74) is 3.83. The van der Waals surface area contributed by atoms with E-state index in [1.807, 2.05) is 41.5 Å². The molecule has 0 aliphatic rings. The van der Waals surface area contributed by atoms with Crippen molar-refractivity contribution in [2.45, 2.75) is 105 Å². The minimum absolute atomic E-state index is 0.120. The molecule has 0 unspecified atom stereocenters. The molecule has 182 valence electrons. The summed E-state index contributed by atoms with van der Waals surface area (Å²) in [5, 5.41) is 18.6. The minimum atomic E-state index is -0.726. The highest BCUT2D eigenvalue weighted by molar-refractivity contribution is 5.92. The third-order valence-corrected chi connectivity index (χ3v) is 5.12. The molecule has 0 aromatic carbocycles. The Kier molecular flexibility index (Phi) is 14.4. The zero-order valence-corrected chi connectivity index (χ0v) is 20.7. The molecule has 0 fully saturated rings. The topological polar surface area (TPSA) is 135 Å². The zero-order valence-electron chi connectivity index (χ0n) is 20.7. The molecular weight excluding hydrogens is 396 g/mol. The van der Waals surface area contributed by atoms with Crippen LogP contribution >= 0.6 is 0 Å². The first-order valence-electron chi connectivity index (χ1n) is 11.8. The fraction of sp³-hybridized carbons (Fsp3) is 0.870. The lowest BCUT2D eigenvalue weighted by Gasteiger charge is -2.28. The Hall–Kier alpha value is -1.67. The van der Waals surface area contributed by atoms with Crippen LogP contribution in [0.4, 0.5) is 0 Å².